The number of rotatable bonds is 6. The predicted octanol–water partition coefficient (Wildman–Crippen LogP) is 3.13. The van der Waals surface area contributed by atoms with Gasteiger partial charge in [0, 0.05) is 27.8 Å². The zero-order valence-corrected chi connectivity index (χ0v) is 17.3. The van der Waals surface area contributed by atoms with E-state index in [0.29, 0.717) is 15.5 Å². The fraction of sp³-hybridized carbons (Fsp3) is 0.167. The second-order valence-electron chi connectivity index (χ2n) is 6.25. The number of H-pyrrole nitrogens is 1. The lowest BCUT2D eigenvalue weighted by Gasteiger charge is -2.17. The summed E-state index contributed by atoms with van der Waals surface area (Å²) in [5, 5.41) is -1.20. The van der Waals surface area contributed by atoms with Gasteiger partial charge in [-0.1, -0.05) is 13.0 Å². The number of fused-ring (bicyclic) bond motifs is 1. The van der Waals surface area contributed by atoms with Crippen molar-refractivity contribution in [2.45, 2.75) is 18.6 Å². The molecule has 4 N–H and O–H groups in total. The molecule has 1 amide bonds. The standard InChI is InChI=1S/C18H15BrFN3O5S/c1-2-13(29(26,27)28)9-3-4-10(17(21)25)15(20)14(9)16(24)12-7-23-18-11(12)5-8(19)6-22-18/h3-7,13H,2H2,1H3,(H2,21,25)(H,22,23)(H,26,27,28). The molecule has 2 aromatic heterocycles. The lowest BCUT2D eigenvalue weighted by molar-refractivity contribution is 0.0996. The largest absolute Gasteiger partial charge is 0.366 e. The number of nitrogens with one attached hydrogen (secondary N) is 1. The minimum atomic E-state index is -4.65. The van der Waals surface area contributed by atoms with Crippen LogP contribution in [0.15, 0.2) is 35.1 Å². The number of nitrogens with zero attached hydrogens (tertiary/aromatic N) is 1. The van der Waals surface area contributed by atoms with Crippen molar-refractivity contribution in [3.63, 3.8) is 0 Å². The van der Waals surface area contributed by atoms with Crippen molar-refractivity contribution < 1.29 is 27.0 Å². The second-order valence-corrected chi connectivity index (χ2v) is 8.76. The van der Waals surface area contributed by atoms with Crippen molar-refractivity contribution in [1.82, 2.24) is 9.97 Å². The molecule has 0 radical (unpaired) electrons. The fourth-order valence-corrected chi connectivity index (χ4v) is 4.44. The Hall–Kier alpha value is -2.63. The van der Waals surface area contributed by atoms with E-state index in [1.807, 2.05) is 0 Å². The van der Waals surface area contributed by atoms with Crippen LogP contribution < -0.4 is 5.73 Å². The molecule has 3 aromatic rings. The Morgan fingerprint density at radius 1 is 1.34 bits per heavy atom. The van der Waals surface area contributed by atoms with E-state index in [-0.39, 0.29) is 17.5 Å². The summed E-state index contributed by atoms with van der Waals surface area (Å²) in [7, 11) is -4.65. The van der Waals surface area contributed by atoms with E-state index in [9.17, 15) is 22.6 Å². The molecule has 2 heterocycles. The number of amides is 1. The van der Waals surface area contributed by atoms with E-state index in [1.165, 1.54) is 19.3 Å². The zero-order chi connectivity index (χ0) is 21.5. The van der Waals surface area contributed by atoms with Gasteiger partial charge in [-0.2, -0.15) is 8.42 Å². The van der Waals surface area contributed by atoms with Crippen molar-refractivity contribution in [3.05, 3.63) is 63.1 Å². The third-order valence-corrected chi connectivity index (χ3v) is 6.23. The van der Waals surface area contributed by atoms with Crippen molar-refractivity contribution in [1.29, 1.82) is 0 Å². The number of hydrogen-bond acceptors (Lipinski definition) is 5. The first-order valence-corrected chi connectivity index (χ1v) is 10.6. The number of carbonyl (C=O) groups is 2. The molecule has 29 heavy (non-hydrogen) atoms. The van der Waals surface area contributed by atoms with E-state index < -0.39 is 44.0 Å². The first-order chi connectivity index (χ1) is 13.6. The molecule has 11 heteroatoms. The van der Waals surface area contributed by atoms with E-state index in [4.69, 9.17) is 5.73 Å². The van der Waals surface area contributed by atoms with Crippen LogP contribution >= 0.6 is 15.9 Å². The summed E-state index contributed by atoms with van der Waals surface area (Å²) in [6.45, 7) is 1.46. The van der Waals surface area contributed by atoms with Crippen LogP contribution in [0.5, 0.6) is 0 Å². The molecule has 0 aliphatic rings. The number of carbonyl (C=O) groups excluding carboxylic acids is 2. The normalized spacial score (nSPS) is 12.8. The lowest BCUT2D eigenvalue weighted by Crippen LogP contribution is -2.21. The number of aromatic nitrogens is 2. The molecule has 0 aliphatic carbocycles. The van der Waals surface area contributed by atoms with Gasteiger partial charge in [0.15, 0.2) is 5.78 Å². The van der Waals surface area contributed by atoms with Crippen molar-refractivity contribution >= 4 is 48.8 Å². The van der Waals surface area contributed by atoms with Gasteiger partial charge in [-0.3, -0.25) is 14.1 Å². The van der Waals surface area contributed by atoms with Crippen molar-refractivity contribution in [2.75, 3.05) is 0 Å². The molecule has 0 fully saturated rings. The zero-order valence-electron chi connectivity index (χ0n) is 14.9. The van der Waals surface area contributed by atoms with Gasteiger partial charge in [-0.05, 0) is 40.0 Å². The number of aromatic amines is 1. The number of primary amides is 1. The number of halogens is 2. The molecule has 0 aliphatic heterocycles. The summed E-state index contributed by atoms with van der Waals surface area (Å²) in [4.78, 5) is 31.7. The van der Waals surface area contributed by atoms with Gasteiger partial charge in [0.2, 0.25) is 0 Å². The van der Waals surface area contributed by atoms with E-state index in [1.54, 1.807) is 6.07 Å². The molecule has 3 rings (SSSR count). The summed E-state index contributed by atoms with van der Waals surface area (Å²) < 4.78 is 48.9. The second kappa shape index (κ2) is 7.65. The minimum Gasteiger partial charge on any atom is -0.366 e. The maximum atomic E-state index is 15.2. The lowest BCUT2D eigenvalue weighted by atomic mass is 9.92. The molecule has 0 bridgehead atoms. The third kappa shape index (κ3) is 3.80. The number of nitrogens with two attached hydrogens (primary N) is 1. The van der Waals surface area contributed by atoms with Crippen LogP contribution in [0.4, 0.5) is 4.39 Å². The summed E-state index contributed by atoms with van der Waals surface area (Å²) in [5.41, 5.74) is 4.07. The van der Waals surface area contributed by atoms with Crippen LogP contribution in [0.1, 0.15) is 50.4 Å². The van der Waals surface area contributed by atoms with Gasteiger partial charge in [0.05, 0.1) is 11.1 Å². The quantitative estimate of drug-likeness (QED) is 0.362. The van der Waals surface area contributed by atoms with Gasteiger partial charge < -0.3 is 10.7 Å². The number of hydrogen-bond donors (Lipinski definition) is 3. The van der Waals surface area contributed by atoms with Crippen LogP contribution in [0.3, 0.4) is 0 Å². The molecule has 8 nitrogen and oxygen atoms in total. The Morgan fingerprint density at radius 3 is 2.62 bits per heavy atom. The molecular formula is C18H15BrFN3O5S. The third-order valence-electron chi connectivity index (χ3n) is 4.49. The maximum absolute atomic E-state index is 15.2. The topological polar surface area (TPSA) is 143 Å². The Kier molecular flexibility index (Phi) is 5.57. The highest BCUT2D eigenvalue weighted by Gasteiger charge is 2.32. The van der Waals surface area contributed by atoms with Crippen LogP contribution in [0, 0.1) is 5.82 Å². The van der Waals surface area contributed by atoms with Gasteiger partial charge >= 0.3 is 0 Å². The Bertz CT molecular complexity index is 1260. The molecule has 1 atom stereocenters. The van der Waals surface area contributed by atoms with Crippen molar-refractivity contribution in [2.24, 2.45) is 5.73 Å². The summed E-state index contributed by atoms with van der Waals surface area (Å²) in [6, 6.07) is 3.69. The first kappa shape index (κ1) is 21.1. The van der Waals surface area contributed by atoms with Gasteiger partial charge in [-0.15, -0.1) is 0 Å². The van der Waals surface area contributed by atoms with Crippen molar-refractivity contribution in [3.8, 4) is 0 Å². The van der Waals surface area contributed by atoms with E-state index >= 15 is 4.39 Å². The maximum Gasteiger partial charge on any atom is 0.272 e. The highest BCUT2D eigenvalue weighted by molar-refractivity contribution is 9.10. The highest BCUT2D eigenvalue weighted by atomic mass is 79.9. The van der Waals surface area contributed by atoms with E-state index in [2.05, 4.69) is 25.9 Å². The summed E-state index contributed by atoms with van der Waals surface area (Å²) >= 11 is 3.24. The van der Waals surface area contributed by atoms with Gasteiger partial charge in [-0.25, -0.2) is 9.37 Å². The number of pyridine rings is 1. The summed E-state index contributed by atoms with van der Waals surface area (Å²) in [6.07, 6.45) is 2.68. The average Bonchev–Trinajstić information content (AvgIpc) is 3.03. The van der Waals surface area contributed by atoms with Crippen LogP contribution in [0.2, 0.25) is 0 Å². The van der Waals surface area contributed by atoms with Gasteiger partial charge in [0.25, 0.3) is 16.0 Å². The average molecular weight is 484 g/mol. The SMILES string of the molecule is CCC(c1ccc(C(N)=O)c(F)c1C(=O)c1c[nH]c2ncc(Br)cc12)S(=O)(=O)O. The van der Waals surface area contributed by atoms with Crippen LogP contribution in [0.25, 0.3) is 11.0 Å². The number of benzene rings is 1. The smallest absolute Gasteiger partial charge is 0.272 e. The molecule has 1 unspecified atom stereocenters. The monoisotopic (exact) mass is 483 g/mol. The molecule has 152 valence electrons. The molecule has 0 saturated heterocycles. The summed E-state index contributed by atoms with van der Waals surface area (Å²) in [5.74, 6) is -3.25. The predicted molar refractivity (Wildman–Crippen MR) is 107 cm³/mol. The Morgan fingerprint density at radius 2 is 2.03 bits per heavy atom. The van der Waals surface area contributed by atoms with Crippen LogP contribution in [-0.2, 0) is 10.1 Å². The fourth-order valence-electron chi connectivity index (χ4n) is 3.17. The first-order valence-electron chi connectivity index (χ1n) is 8.32. The molecule has 1 aromatic carbocycles. The molecule has 0 saturated carbocycles. The molecular weight excluding hydrogens is 469 g/mol. The van der Waals surface area contributed by atoms with E-state index in [0.717, 1.165) is 12.1 Å². The minimum absolute atomic E-state index is 0.0146. The van der Waals surface area contributed by atoms with Crippen LogP contribution in [-0.4, -0.2) is 34.6 Å². The molecule has 0 spiro atoms. The Labute approximate surface area is 173 Å². The Balaban J connectivity index is 2.33. The van der Waals surface area contributed by atoms with Gasteiger partial charge in [0.1, 0.15) is 16.7 Å². The highest BCUT2D eigenvalue weighted by Crippen LogP contribution is 2.33. The number of ketones is 1.